The number of halogens is 1. The number of fused-ring (bicyclic) bond motifs is 1. The molecule has 2 unspecified atom stereocenters. The van der Waals surface area contributed by atoms with E-state index in [0.717, 1.165) is 21.3 Å². The maximum atomic E-state index is 13.8. The Hall–Kier alpha value is -2.82. The molecular formula is C28H28ClN3O4S2. The zero-order valence-corrected chi connectivity index (χ0v) is 23.7. The number of benzene rings is 3. The summed E-state index contributed by atoms with van der Waals surface area (Å²) in [5, 5.41) is 1.17. The number of carbonyl (C=O) groups is 1. The first-order valence-electron chi connectivity index (χ1n) is 12.3. The van der Waals surface area contributed by atoms with Gasteiger partial charge in [0, 0.05) is 23.7 Å². The molecule has 1 saturated heterocycles. The predicted octanol–water partition coefficient (Wildman–Crippen LogP) is 5.90. The summed E-state index contributed by atoms with van der Waals surface area (Å²) in [4.78, 5) is 20.4. The van der Waals surface area contributed by atoms with Gasteiger partial charge in [0.2, 0.25) is 10.0 Å². The van der Waals surface area contributed by atoms with Gasteiger partial charge in [-0.2, -0.15) is 4.31 Å². The molecule has 0 spiro atoms. The van der Waals surface area contributed by atoms with Crippen LogP contribution in [0.4, 0.5) is 5.13 Å². The molecule has 7 nitrogen and oxygen atoms in total. The maximum Gasteiger partial charge on any atom is 0.260 e. The highest BCUT2D eigenvalue weighted by molar-refractivity contribution is 7.89. The Labute approximate surface area is 231 Å². The predicted molar refractivity (Wildman–Crippen MR) is 152 cm³/mol. The first-order valence-corrected chi connectivity index (χ1v) is 14.9. The molecule has 2 atom stereocenters. The van der Waals surface area contributed by atoms with Crippen LogP contribution in [0.15, 0.2) is 71.6 Å². The summed E-state index contributed by atoms with van der Waals surface area (Å²) < 4.78 is 34.6. The molecule has 2 heterocycles. The minimum absolute atomic E-state index is 0.148. The molecule has 0 bridgehead atoms. The van der Waals surface area contributed by atoms with E-state index >= 15 is 0 Å². The van der Waals surface area contributed by atoms with E-state index in [1.807, 2.05) is 63.2 Å². The number of anilines is 1. The zero-order chi connectivity index (χ0) is 27.0. The maximum absolute atomic E-state index is 13.8. The highest BCUT2D eigenvalue weighted by Crippen LogP contribution is 2.35. The number of thiazole rings is 1. The van der Waals surface area contributed by atoms with Gasteiger partial charge in [-0.15, -0.1) is 0 Å². The SMILES string of the molecule is Cc1c(Cl)ccc2sc(N(Cc3ccccc3)C(=O)c3ccc(S(=O)(=O)N4CC(C)OC(C)C4)cc3)nc12. The molecule has 198 valence electrons. The average molecular weight is 570 g/mol. The van der Waals surface area contributed by atoms with Crippen LogP contribution in [0.3, 0.4) is 0 Å². The van der Waals surface area contributed by atoms with Crippen molar-refractivity contribution in [3.05, 3.63) is 88.4 Å². The van der Waals surface area contributed by atoms with Crippen molar-refractivity contribution in [1.29, 1.82) is 0 Å². The minimum Gasteiger partial charge on any atom is -0.373 e. The first-order chi connectivity index (χ1) is 18.1. The van der Waals surface area contributed by atoms with Crippen LogP contribution in [-0.4, -0.2) is 48.9 Å². The Morgan fingerprint density at radius 2 is 1.71 bits per heavy atom. The number of ether oxygens (including phenoxy) is 1. The average Bonchev–Trinajstić information content (AvgIpc) is 3.34. The monoisotopic (exact) mass is 569 g/mol. The third kappa shape index (κ3) is 5.34. The molecule has 1 aliphatic heterocycles. The van der Waals surface area contributed by atoms with Gasteiger partial charge in [-0.05, 0) is 68.3 Å². The van der Waals surface area contributed by atoms with Gasteiger partial charge < -0.3 is 4.74 Å². The van der Waals surface area contributed by atoms with Crippen molar-refractivity contribution in [1.82, 2.24) is 9.29 Å². The second-order valence-electron chi connectivity index (χ2n) is 9.50. The smallest absolute Gasteiger partial charge is 0.260 e. The number of hydrogen-bond acceptors (Lipinski definition) is 6. The van der Waals surface area contributed by atoms with Crippen LogP contribution in [-0.2, 0) is 21.3 Å². The molecular weight excluding hydrogens is 542 g/mol. The third-order valence-corrected chi connectivity index (χ3v) is 9.82. The molecule has 1 fully saturated rings. The van der Waals surface area contributed by atoms with Crippen molar-refractivity contribution >= 4 is 54.2 Å². The molecule has 1 aromatic heterocycles. The summed E-state index contributed by atoms with van der Waals surface area (Å²) in [5.41, 5.74) is 2.95. The molecule has 0 aliphatic carbocycles. The molecule has 0 radical (unpaired) electrons. The molecule has 1 amide bonds. The van der Waals surface area contributed by atoms with E-state index in [4.69, 9.17) is 21.3 Å². The van der Waals surface area contributed by atoms with Gasteiger partial charge in [-0.1, -0.05) is 53.3 Å². The number of aryl methyl sites for hydroxylation is 1. The van der Waals surface area contributed by atoms with Crippen LogP contribution in [0.1, 0.15) is 35.3 Å². The van der Waals surface area contributed by atoms with Crippen molar-refractivity contribution < 1.29 is 17.9 Å². The van der Waals surface area contributed by atoms with E-state index in [1.165, 1.54) is 27.8 Å². The first kappa shape index (κ1) is 26.8. The Morgan fingerprint density at radius 1 is 1.05 bits per heavy atom. The van der Waals surface area contributed by atoms with Gasteiger partial charge in [0.15, 0.2) is 5.13 Å². The van der Waals surface area contributed by atoms with Crippen LogP contribution < -0.4 is 4.90 Å². The lowest BCUT2D eigenvalue weighted by Crippen LogP contribution is -2.48. The van der Waals surface area contributed by atoms with Gasteiger partial charge >= 0.3 is 0 Å². The standard InChI is InChI=1S/C28H28ClN3O4S2/c1-18-15-31(16-19(2)36-18)38(34,35)23-11-9-22(10-12-23)27(33)32(17-21-7-5-4-6-8-21)28-30-26-20(3)24(29)13-14-25(26)37-28/h4-14,18-19H,15-17H2,1-3H3. The molecule has 0 saturated carbocycles. The number of rotatable bonds is 6. The van der Waals surface area contributed by atoms with Crippen molar-refractivity contribution in [3.8, 4) is 0 Å². The van der Waals surface area contributed by atoms with Crippen LogP contribution in [0, 0.1) is 6.92 Å². The van der Waals surface area contributed by atoms with Crippen LogP contribution in [0.2, 0.25) is 5.02 Å². The lowest BCUT2D eigenvalue weighted by atomic mass is 10.1. The number of aromatic nitrogens is 1. The van der Waals surface area contributed by atoms with Gasteiger partial charge in [-0.3, -0.25) is 9.69 Å². The summed E-state index contributed by atoms with van der Waals surface area (Å²) in [7, 11) is -3.71. The highest BCUT2D eigenvalue weighted by Gasteiger charge is 2.32. The van der Waals surface area contributed by atoms with Crippen LogP contribution in [0.25, 0.3) is 10.2 Å². The fraction of sp³-hybridized carbons (Fsp3) is 0.286. The summed E-state index contributed by atoms with van der Waals surface area (Å²) in [6.45, 7) is 6.53. The molecule has 10 heteroatoms. The lowest BCUT2D eigenvalue weighted by molar-refractivity contribution is -0.0440. The van der Waals surface area contributed by atoms with Gasteiger partial charge in [-0.25, -0.2) is 13.4 Å². The van der Waals surface area contributed by atoms with E-state index < -0.39 is 10.0 Å². The quantitative estimate of drug-likeness (QED) is 0.289. The van der Waals surface area contributed by atoms with Gasteiger partial charge in [0.05, 0.1) is 33.9 Å². The zero-order valence-electron chi connectivity index (χ0n) is 21.3. The third-order valence-electron chi connectivity index (χ3n) is 6.52. The number of hydrogen-bond donors (Lipinski definition) is 0. The summed E-state index contributed by atoms with van der Waals surface area (Å²) in [6.07, 6.45) is -0.374. The molecule has 5 rings (SSSR count). The normalized spacial score (nSPS) is 18.5. The largest absolute Gasteiger partial charge is 0.373 e. The van der Waals surface area contributed by atoms with Crippen molar-refractivity contribution in [2.24, 2.45) is 0 Å². The van der Waals surface area contributed by atoms with Gasteiger partial charge in [0.1, 0.15) is 0 Å². The number of sulfonamides is 1. The van der Waals surface area contributed by atoms with Crippen LogP contribution >= 0.6 is 22.9 Å². The van der Waals surface area contributed by atoms with E-state index in [-0.39, 0.29) is 23.0 Å². The fourth-order valence-corrected chi connectivity index (χ4v) is 7.36. The molecule has 0 N–H and O–H groups in total. The summed E-state index contributed by atoms with van der Waals surface area (Å²) in [6, 6.07) is 19.5. The number of amides is 1. The summed E-state index contributed by atoms with van der Waals surface area (Å²) in [5.74, 6) is -0.269. The second-order valence-corrected chi connectivity index (χ2v) is 12.9. The Balaban J connectivity index is 1.47. The summed E-state index contributed by atoms with van der Waals surface area (Å²) >= 11 is 7.73. The second kappa shape index (κ2) is 10.7. The lowest BCUT2D eigenvalue weighted by Gasteiger charge is -2.34. The van der Waals surface area contributed by atoms with Gasteiger partial charge in [0.25, 0.3) is 5.91 Å². The Bertz CT molecular complexity index is 1560. The number of carbonyl (C=O) groups excluding carboxylic acids is 1. The van der Waals surface area contributed by atoms with Crippen molar-refractivity contribution in [3.63, 3.8) is 0 Å². The van der Waals surface area contributed by atoms with Crippen LogP contribution in [0.5, 0.6) is 0 Å². The van der Waals surface area contributed by atoms with Crippen molar-refractivity contribution in [2.45, 2.75) is 44.4 Å². The highest BCUT2D eigenvalue weighted by atomic mass is 35.5. The molecule has 1 aliphatic rings. The number of nitrogens with zero attached hydrogens (tertiary/aromatic N) is 3. The molecule has 4 aromatic rings. The van der Waals surface area contributed by atoms with E-state index in [9.17, 15) is 13.2 Å². The Kier molecular flexibility index (Phi) is 7.57. The van der Waals surface area contributed by atoms with E-state index in [1.54, 1.807) is 17.0 Å². The van der Waals surface area contributed by atoms with Crippen molar-refractivity contribution in [2.75, 3.05) is 18.0 Å². The fourth-order valence-electron chi connectivity index (χ4n) is 4.60. The Morgan fingerprint density at radius 3 is 2.37 bits per heavy atom. The molecule has 38 heavy (non-hydrogen) atoms. The van der Waals surface area contributed by atoms with E-state index in [2.05, 4.69) is 0 Å². The topological polar surface area (TPSA) is 79.8 Å². The number of morpholine rings is 1. The minimum atomic E-state index is -3.71. The molecule has 3 aromatic carbocycles. The van der Waals surface area contributed by atoms with E-state index in [0.29, 0.717) is 35.4 Å².